The van der Waals surface area contributed by atoms with E-state index < -0.39 is 5.54 Å². The van der Waals surface area contributed by atoms with Gasteiger partial charge in [0.1, 0.15) is 0 Å². The summed E-state index contributed by atoms with van der Waals surface area (Å²) < 4.78 is 18.7. The van der Waals surface area contributed by atoms with Crippen LogP contribution in [0.3, 0.4) is 0 Å². The van der Waals surface area contributed by atoms with Crippen LogP contribution >= 0.6 is 0 Å². The second-order valence-electron chi connectivity index (χ2n) is 6.70. The minimum Gasteiger partial charge on any atom is -0.494 e. The van der Waals surface area contributed by atoms with Crippen LogP contribution in [0.4, 0.5) is 4.39 Å². The van der Waals surface area contributed by atoms with E-state index in [9.17, 15) is 9.18 Å². The molecule has 1 aliphatic heterocycles. The molecule has 0 spiro atoms. The highest BCUT2D eigenvalue weighted by Gasteiger charge is 2.33. The van der Waals surface area contributed by atoms with Gasteiger partial charge in [-0.05, 0) is 31.0 Å². The van der Waals surface area contributed by atoms with Crippen molar-refractivity contribution in [3.8, 4) is 5.75 Å². The average Bonchev–Trinajstić information content (AvgIpc) is 2.55. The smallest absolute Gasteiger partial charge is 0.242 e. The lowest BCUT2D eigenvalue weighted by molar-refractivity contribution is -0.138. The Bertz CT molecular complexity index is 569. The molecule has 2 N–H and O–H groups in total. The van der Waals surface area contributed by atoms with Crippen molar-refractivity contribution in [3.05, 3.63) is 29.6 Å². The molecule has 0 radical (unpaired) electrons. The number of carbonyl (C=O) groups is 1. The summed E-state index contributed by atoms with van der Waals surface area (Å²) in [6.07, 6.45) is 1.58. The highest BCUT2D eigenvalue weighted by atomic mass is 19.1. The molecule has 1 unspecified atom stereocenters. The molecule has 1 fully saturated rings. The van der Waals surface area contributed by atoms with Crippen LogP contribution in [0.5, 0.6) is 5.75 Å². The van der Waals surface area contributed by atoms with Crippen LogP contribution in [0.15, 0.2) is 18.2 Å². The zero-order chi connectivity index (χ0) is 17.7. The lowest BCUT2D eigenvalue weighted by Crippen LogP contribution is -2.58. The van der Waals surface area contributed by atoms with Crippen molar-refractivity contribution >= 4 is 5.91 Å². The van der Waals surface area contributed by atoms with E-state index >= 15 is 0 Å². The number of nitrogens with zero attached hydrogens (tertiary/aromatic N) is 2. The molecule has 6 heteroatoms. The van der Waals surface area contributed by atoms with E-state index in [1.54, 1.807) is 6.07 Å². The number of methoxy groups -OCH3 is 1. The Morgan fingerprint density at radius 2 is 2.00 bits per heavy atom. The maximum atomic E-state index is 13.8. The van der Waals surface area contributed by atoms with Crippen molar-refractivity contribution in [1.29, 1.82) is 0 Å². The summed E-state index contributed by atoms with van der Waals surface area (Å²) >= 11 is 0. The monoisotopic (exact) mass is 337 g/mol. The predicted molar refractivity (Wildman–Crippen MR) is 92.3 cm³/mol. The van der Waals surface area contributed by atoms with E-state index in [1.807, 2.05) is 24.8 Å². The largest absolute Gasteiger partial charge is 0.494 e. The van der Waals surface area contributed by atoms with Gasteiger partial charge < -0.3 is 15.4 Å². The van der Waals surface area contributed by atoms with Crippen LogP contribution in [0.1, 0.15) is 32.3 Å². The maximum Gasteiger partial charge on any atom is 0.242 e. The number of hydrogen-bond acceptors (Lipinski definition) is 4. The minimum absolute atomic E-state index is 0.0273. The van der Waals surface area contributed by atoms with E-state index in [4.69, 9.17) is 10.5 Å². The summed E-state index contributed by atoms with van der Waals surface area (Å²) in [6, 6.07) is 5.03. The standard InChI is InChI=1S/C18H28FN3O2/c1-4-7-18(2,20)17(23)22-10-8-21(9-11-22)13-14-5-6-16(24-3)15(19)12-14/h5-6,12H,4,7-11,13,20H2,1-3H3. The molecule has 1 saturated heterocycles. The molecule has 1 atom stereocenters. The van der Waals surface area contributed by atoms with Gasteiger partial charge >= 0.3 is 0 Å². The Morgan fingerprint density at radius 3 is 2.54 bits per heavy atom. The van der Waals surface area contributed by atoms with Crippen LogP contribution in [0, 0.1) is 5.82 Å². The highest BCUT2D eigenvalue weighted by molar-refractivity contribution is 5.85. The molecule has 134 valence electrons. The van der Waals surface area contributed by atoms with E-state index in [2.05, 4.69) is 4.90 Å². The fourth-order valence-corrected chi connectivity index (χ4v) is 3.16. The zero-order valence-corrected chi connectivity index (χ0v) is 14.8. The molecule has 0 aliphatic carbocycles. The quantitative estimate of drug-likeness (QED) is 0.862. The molecule has 1 aliphatic rings. The van der Waals surface area contributed by atoms with Crippen molar-refractivity contribution in [1.82, 2.24) is 9.80 Å². The number of piperazine rings is 1. The van der Waals surface area contributed by atoms with Crippen LogP contribution in [-0.2, 0) is 11.3 Å². The van der Waals surface area contributed by atoms with Crippen molar-refractivity contribution in [3.63, 3.8) is 0 Å². The van der Waals surface area contributed by atoms with E-state index in [1.165, 1.54) is 13.2 Å². The summed E-state index contributed by atoms with van der Waals surface area (Å²) in [5, 5.41) is 0. The number of amides is 1. The van der Waals surface area contributed by atoms with Crippen LogP contribution in [-0.4, -0.2) is 54.5 Å². The van der Waals surface area contributed by atoms with Crippen LogP contribution in [0.2, 0.25) is 0 Å². The van der Waals surface area contributed by atoms with E-state index in [0.29, 0.717) is 26.1 Å². The van der Waals surface area contributed by atoms with Gasteiger partial charge in [-0.25, -0.2) is 4.39 Å². The van der Waals surface area contributed by atoms with Gasteiger partial charge in [-0.1, -0.05) is 19.4 Å². The molecule has 5 nitrogen and oxygen atoms in total. The summed E-state index contributed by atoms with van der Waals surface area (Å²) in [5.41, 5.74) is 6.27. The molecule has 1 heterocycles. The zero-order valence-electron chi connectivity index (χ0n) is 14.8. The minimum atomic E-state index is -0.782. The molecule has 24 heavy (non-hydrogen) atoms. The Balaban J connectivity index is 1.89. The van der Waals surface area contributed by atoms with Gasteiger partial charge in [0.15, 0.2) is 11.6 Å². The Labute approximate surface area is 143 Å². The van der Waals surface area contributed by atoms with Gasteiger partial charge in [0, 0.05) is 32.7 Å². The molecular formula is C18H28FN3O2. The molecule has 0 aromatic heterocycles. The van der Waals surface area contributed by atoms with Crippen LogP contribution in [0.25, 0.3) is 0 Å². The first-order valence-electron chi connectivity index (χ1n) is 8.50. The molecule has 2 rings (SSSR count). The number of carbonyl (C=O) groups excluding carboxylic acids is 1. The Kier molecular flexibility index (Phi) is 6.18. The number of benzene rings is 1. The SMILES string of the molecule is CCCC(C)(N)C(=O)N1CCN(Cc2ccc(OC)c(F)c2)CC1. The summed E-state index contributed by atoms with van der Waals surface area (Å²) in [7, 11) is 1.46. The molecule has 1 aromatic carbocycles. The van der Waals surface area contributed by atoms with Gasteiger partial charge in [0.2, 0.25) is 5.91 Å². The summed E-state index contributed by atoms with van der Waals surface area (Å²) in [5.74, 6) is -0.0610. The third-order valence-electron chi connectivity index (χ3n) is 4.54. The number of rotatable bonds is 6. The van der Waals surface area contributed by atoms with Crippen molar-refractivity contribution in [2.75, 3.05) is 33.3 Å². The normalized spacial score (nSPS) is 18.3. The third-order valence-corrected chi connectivity index (χ3v) is 4.54. The number of nitrogens with two attached hydrogens (primary N) is 1. The maximum absolute atomic E-state index is 13.8. The second kappa shape index (κ2) is 7.94. The fraction of sp³-hybridized carbons (Fsp3) is 0.611. The summed E-state index contributed by atoms with van der Waals surface area (Å²) in [6.45, 7) is 7.36. The first kappa shape index (κ1) is 18.7. The van der Waals surface area contributed by atoms with Gasteiger partial charge in [0.05, 0.1) is 12.6 Å². The third kappa shape index (κ3) is 4.45. The first-order chi connectivity index (χ1) is 11.4. The van der Waals surface area contributed by atoms with E-state index in [0.717, 1.165) is 25.1 Å². The number of ether oxygens (including phenoxy) is 1. The Hall–Kier alpha value is -1.66. The lowest BCUT2D eigenvalue weighted by atomic mass is 9.95. The van der Waals surface area contributed by atoms with E-state index in [-0.39, 0.29) is 17.5 Å². The van der Waals surface area contributed by atoms with Crippen molar-refractivity contribution in [2.24, 2.45) is 5.73 Å². The van der Waals surface area contributed by atoms with Crippen molar-refractivity contribution < 1.29 is 13.9 Å². The highest BCUT2D eigenvalue weighted by Crippen LogP contribution is 2.20. The van der Waals surface area contributed by atoms with Gasteiger partial charge in [-0.3, -0.25) is 9.69 Å². The molecule has 1 aromatic rings. The fourth-order valence-electron chi connectivity index (χ4n) is 3.16. The molecule has 0 saturated carbocycles. The van der Waals surface area contributed by atoms with Gasteiger partial charge in [0.25, 0.3) is 0 Å². The van der Waals surface area contributed by atoms with Crippen molar-refractivity contribution in [2.45, 2.75) is 38.8 Å². The molecular weight excluding hydrogens is 309 g/mol. The topological polar surface area (TPSA) is 58.8 Å². The predicted octanol–water partition coefficient (Wildman–Crippen LogP) is 2.00. The first-order valence-corrected chi connectivity index (χ1v) is 8.50. The van der Waals surface area contributed by atoms with Crippen LogP contribution < -0.4 is 10.5 Å². The second-order valence-corrected chi connectivity index (χ2v) is 6.70. The molecule has 1 amide bonds. The molecule has 0 bridgehead atoms. The number of hydrogen-bond donors (Lipinski definition) is 1. The van der Waals surface area contributed by atoms with Gasteiger partial charge in [-0.2, -0.15) is 0 Å². The van der Waals surface area contributed by atoms with Gasteiger partial charge in [-0.15, -0.1) is 0 Å². The summed E-state index contributed by atoms with van der Waals surface area (Å²) in [4.78, 5) is 16.6. The number of halogens is 1. The lowest BCUT2D eigenvalue weighted by Gasteiger charge is -2.38. The average molecular weight is 337 g/mol. The Morgan fingerprint density at radius 1 is 1.33 bits per heavy atom.